The van der Waals surface area contributed by atoms with Crippen molar-refractivity contribution in [2.75, 3.05) is 5.75 Å². The molecule has 11 heavy (non-hydrogen) atoms. The van der Waals surface area contributed by atoms with Gasteiger partial charge in [0.15, 0.2) is 11.1 Å². The number of hydrogen-bond donors (Lipinski definition) is 1. The monoisotopic (exact) mass is 180 g/mol. The smallest absolute Gasteiger partial charge is 0.153 e. The van der Waals surface area contributed by atoms with E-state index in [2.05, 4.69) is 0 Å². The number of alkyl halides is 1. The van der Waals surface area contributed by atoms with Crippen LogP contribution in [0.15, 0.2) is 0 Å². The maximum Gasteiger partial charge on any atom is 0.153 e. The first-order valence-corrected chi connectivity index (χ1v) is 5.17. The van der Waals surface area contributed by atoms with Crippen molar-refractivity contribution < 1.29 is 13.2 Å². The summed E-state index contributed by atoms with van der Waals surface area (Å²) in [7, 11) is 0. The molecule has 0 spiro atoms. The average molecular weight is 180 g/mol. The van der Waals surface area contributed by atoms with E-state index in [1.54, 1.807) is 0 Å². The second kappa shape index (κ2) is 4.16. The van der Waals surface area contributed by atoms with Crippen molar-refractivity contribution >= 4 is 11.1 Å². The molecule has 0 heterocycles. The van der Waals surface area contributed by atoms with Crippen LogP contribution in [-0.4, -0.2) is 20.7 Å². The number of halogens is 1. The molecular formula is C7H13FO2S. The third-order valence-corrected chi connectivity index (χ3v) is 2.91. The van der Waals surface area contributed by atoms with E-state index in [9.17, 15) is 8.60 Å². The van der Waals surface area contributed by atoms with Crippen LogP contribution in [0.3, 0.4) is 0 Å². The standard InChI is InChI=1S/C7H13FO2S/c8-7-3-1-6(2-4-7)5-11(9)10/h6-7H,1-5H2,(H,9,10). The summed E-state index contributed by atoms with van der Waals surface area (Å²) in [4.78, 5) is 0. The molecule has 1 atom stereocenters. The van der Waals surface area contributed by atoms with Crippen molar-refractivity contribution in [2.45, 2.75) is 31.9 Å². The second-order valence-corrected chi connectivity index (χ2v) is 4.08. The molecule has 1 saturated carbocycles. The van der Waals surface area contributed by atoms with Crippen LogP contribution in [0.4, 0.5) is 4.39 Å². The van der Waals surface area contributed by atoms with Gasteiger partial charge in [-0.25, -0.2) is 8.60 Å². The highest BCUT2D eigenvalue weighted by Gasteiger charge is 2.21. The second-order valence-electron chi connectivity index (χ2n) is 3.11. The van der Waals surface area contributed by atoms with Gasteiger partial charge in [0.05, 0.1) is 5.75 Å². The molecule has 0 aromatic rings. The van der Waals surface area contributed by atoms with E-state index in [1.807, 2.05) is 0 Å². The van der Waals surface area contributed by atoms with Crippen LogP contribution < -0.4 is 0 Å². The Kier molecular flexibility index (Phi) is 3.45. The molecule has 66 valence electrons. The highest BCUT2D eigenvalue weighted by atomic mass is 32.2. The minimum atomic E-state index is -1.70. The molecule has 1 aliphatic carbocycles. The summed E-state index contributed by atoms with van der Waals surface area (Å²) < 4.78 is 31.5. The van der Waals surface area contributed by atoms with Crippen molar-refractivity contribution in [1.29, 1.82) is 0 Å². The first kappa shape index (κ1) is 9.13. The molecule has 4 heteroatoms. The zero-order valence-electron chi connectivity index (χ0n) is 6.33. The fourth-order valence-corrected chi connectivity index (χ4v) is 2.23. The Morgan fingerprint density at radius 2 is 1.91 bits per heavy atom. The summed E-state index contributed by atoms with van der Waals surface area (Å²) in [6.45, 7) is 0. The van der Waals surface area contributed by atoms with Crippen molar-refractivity contribution in [3.05, 3.63) is 0 Å². The van der Waals surface area contributed by atoms with E-state index in [-0.39, 0.29) is 5.92 Å². The maximum absolute atomic E-state index is 12.6. The normalized spacial score (nSPS) is 35.1. The Bertz CT molecular complexity index is 143. The minimum Gasteiger partial charge on any atom is -0.306 e. The quantitative estimate of drug-likeness (QED) is 0.657. The van der Waals surface area contributed by atoms with Gasteiger partial charge in [-0.3, -0.25) is 0 Å². The molecule has 1 N–H and O–H groups in total. The van der Waals surface area contributed by atoms with Gasteiger partial charge in [-0.1, -0.05) is 0 Å². The molecule has 0 amide bonds. The van der Waals surface area contributed by atoms with Crippen molar-refractivity contribution in [3.8, 4) is 0 Å². The first-order chi connectivity index (χ1) is 5.18. The molecule has 0 aromatic heterocycles. The summed E-state index contributed by atoms with van der Waals surface area (Å²) in [5, 5.41) is 0. The van der Waals surface area contributed by atoms with Crippen LogP contribution in [0.5, 0.6) is 0 Å². The lowest BCUT2D eigenvalue weighted by Gasteiger charge is -2.22. The van der Waals surface area contributed by atoms with Gasteiger partial charge in [-0.05, 0) is 31.6 Å². The van der Waals surface area contributed by atoms with E-state index in [4.69, 9.17) is 4.55 Å². The third-order valence-electron chi connectivity index (χ3n) is 2.15. The van der Waals surface area contributed by atoms with Crippen molar-refractivity contribution in [2.24, 2.45) is 5.92 Å². The molecule has 1 unspecified atom stereocenters. The van der Waals surface area contributed by atoms with Crippen LogP contribution >= 0.6 is 0 Å². The van der Waals surface area contributed by atoms with Crippen LogP contribution in [0.2, 0.25) is 0 Å². The Morgan fingerprint density at radius 3 is 2.36 bits per heavy atom. The Hall–Kier alpha value is 0.0400. The van der Waals surface area contributed by atoms with E-state index in [0.717, 1.165) is 12.8 Å². The van der Waals surface area contributed by atoms with Crippen molar-refractivity contribution in [3.63, 3.8) is 0 Å². The molecule has 1 aliphatic rings. The lowest BCUT2D eigenvalue weighted by Crippen LogP contribution is -2.19. The lowest BCUT2D eigenvalue weighted by atomic mass is 9.90. The highest BCUT2D eigenvalue weighted by Crippen LogP contribution is 2.26. The van der Waals surface area contributed by atoms with E-state index >= 15 is 0 Å². The third kappa shape index (κ3) is 3.29. The zero-order valence-corrected chi connectivity index (χ0v) is 7.15. The van der Waals surface area contributed by atoms with Gasteiger partial charge in [-0.15, -0.1) is 0 Å². The first-order valence-electron chi connectivity index (χ1n) is 3.90. The number of rotatable bonds is 2. The van der Waals surface area contributed by atoms with Gasteiger partial charge in [0.25, 0.3) is 0 Å². The SMILES string of the molecule is O=S(O)CC1CCC(F)CC1. The maximum atomic E-state index is 12.6. The van der Waals surface area contributed by atoms with Crippen LogP contribution in [0, 0.1) is 5.92 Å². The predicted octanol–water partition coefficient (Wildman–Crippen LogP) is 1.74. The molecule has 0 saturated heterocycles. The summed E-state index contributed by atoms with van der Waals surface area (Å²) >= 11 is -1.70. The fraction of sp³-hybridized carbons (Fsp3) is 1.00. The zero-order chi connectivity index (χ0) is 8.27. The Morgan fingerprint density at radius 1 is 1.36 bits per heavy atom. The minimum absolute atomic E-state index is 0.271. The van der Waals surface area contributed by atoms with Crippen molar-refractivity contribution in [1.82, 2.24) is 0 Å². The fourth-order valence-electron chi connectivity index (χ4n) is 1.49. The van der Waals surface area contributed by atoms with Gasteiger partial charge >= 0.3 is 0 Å². The van der Waals surface area contributed by atoms with Gasteiger partial charge < -0.3 is 4.55 Å². The summed E-state index contributed by atoms with van der Waals surface area (Å²) in [6.07, 6.45) is 2.02. The van der Waals surface area contributed by atoms with E-state index in [0.29, 0.717) is 18.6 Å². The van der Waals surface area contributed by atoms with Gasteiger partial charge in [-0.2, -0.15) is 0 Å². The predicted molar refractivity (Wildman–Crippen MR) is 42.5 cm³/mol. The van der Waals surface area contributed by atoms with Crippen LogP contribution in [0.25, 0.3) is 0 Å². The summed E-state index contributed by atoms with van der Waals surface area (Å²) in [6, 6.07) is 0. The molecule has 0 aromatic carbocycles. The molecule has 2 nitrogen and oxygen atoms in total. The van der Waals surface area contributed by atoms with Crippen LogP contribution in [0.1, 0.15) is 25.7 Å². The van der Waals surface area contributed by atoms with E-state index in [1.165, 1.54) is 0 Å². The molecule has 1 fully saturated rings. The summed E-state index contributed by atoms with van der Waals surface area (Å²) in [5.74, 6) is 0.597. The lowest BCUT2D eigenvalue weighted by molar-refractivity contribution is 0.216. The Labute approximate surface area is 68.5 Å². The molecule has 0 bridgehead atoms. The number of hydrogen-bond acceptors (Lipinski definition) is 1. The van der Waals surface area contributed by atoms with Gasteiger partial charge in [0.1, 0.15) is 6.17 Å². The Balaban J connectivity index is 2.22. The molecule has 1 rings (SSSR count). The van der Waals surface area contributed by atoms with Gasteiger partial charge in [0.2, 0.25) is 0 Å². The highest BCUT2D eigenvalue weighted by molar-refractivity contribution is 7.79. The van der Waals surface area contributed by atoms with E-state index < -0.39 is 17.3 Å². The summed E-state index contributed by atoms with van der Waals surface area (Å²) in [5.41, 5.74) is 0. The molecule has 0 radical (unpaired) electrons. The van der Waals surface area contributed by atoms with Crippen LogP contribution in [-0.2, 0) is 11.1 Å². The molecular weight excluding hydrogens is 167 g/mol. The largest absolute Gasteiger partial charge is 0.306 e. The molecule has 0 aliphatic heterocycles. The topological polar surface area (TPSA) is 37.3 Å². The van der Waals surface area contributed by atoms with Gasteiger partial charge in [0, 0.05) is 0 Å². The average Bonchev–Trinajstić information content (AvgIpc) is 1.93.